The summed E-state index contributed by atoms with van der Waals surface area (Å²) in [5.41, 5.74) is 2.29. The van der Waals surface area contributed by atoms with E-state index in [4.69, 9.17) is 5.11 Å². The van der Waals surface area contributed by atoms with Crippen LogP contribution in [0.4, 0.5) is 0 Å². The first-order chi connectivity index (χ1) is 8.70. The van der Waals surface area contributed by atoms with Crippen LogP contribution in [0.15, 0.2) is 36.5 Å². The third kappa shape index (κ3) is 3.06. The molecule has 3 heteroatoms. The molecule has 0 spiro atoms. The number of nitrogens with zero attached hydrogens (tertiary/aromatic N) is 2. The van der Waals surface area contributed by atoms with E-state index >= 15 is 0 Å². The maximum Gasteiger partial charge on any atom is 0.0702 e. The standard InChI is InChI=1S/C15H20N2O/c1-12(2)17(8-9-18)11-13-5-6-15-14(10-13)4-3-7-16-15/h3-7,10,12,18H,8-9,11H2,1-2H3. The number of hydrogen-bond donors (Lipinski definition) is 1. The molecular weight excluding hydrogens is 224 g/mol. The van der Waals surface area contributed by atoms with Crippen LogP contribution in [0.3, 0.4) is 0 Å². The number of benzene rings is 1. The Balaban J connectivity index is 2.20. The number of aliphatic hydroxyl groups excluding tert-OH is 1. The van der Waals surface area contributed by atoms with Crippen LogP contribution in [-0.4, -0.2) is 34.2 Å². The molecule has 0 aliphatic rings. The lowest BCUT2D eigenvalue weighted by Crippen LogP contribution is -2.32. The van der Waals surface area contributed by atoms with Gasteiger partial charge in [0.05, 0.1) is 12.1 Å². The first kappa shape index (κ1) is 13.0. The van der Waals surface area contributed by atoms with Crippen molar-refractivity contribution in [2.45, 2.75) is 26.4 Å². The SMILES string of the molecule is CC(C)N(CCO)Cc1ccc2ncccc2c1. The predicted octanol–water partition coefficient (Wildman–Crippen LogP) is 2.44. The van der Waals surface area contributed by atoms with E-state index in [1.54, 1.807) is 0 Å². The molecule has 0 aliphatic carbocycles. The van der Waals surface area contributed by atoms with Gasteiger partial charge in [-0.05, 0) is 37.6 Å². The first-order valence-corrected chi connectivity index (χ1v) is 6.39. The maximum atomic E-state index is 9.08. The average molecular weight is 244 g/mol. The highest BCUT2D eigenvalue weighted by Crippen LogP contribution is 2.15. The van der Waals surface area contributed by atoms with Crippen LogP contribution in [0, 0.1) is 0 Å². The van der Waals surface area contributed by atoms with Crippen molar-refractivity contribution in [3.05, 3.63) is 42.1 Å². The van der Waals surface area contributed by atoms with Gasteiger partial charge in [0.15, 0.2) is 0 Å². The average Bonchev–Trinajstić information content (AvgIpc) is 2.38. The molecule has 18 heavy (non-hydrogen) atoms. The lowest BCUT2D eigenvalue weighted by molar-refractivity contribution is 0.159. The minimum absolute atomic E-state index is 0.202. The fourth-order valence-corrected chi connectivity index (χ4v) is 2.11. The molecule has 1 aromatic carbocycles. The molecular formula is C15H20N2O. The highest BCUT2D eigenvalue weighted by atomic mass is 16.3. The summed E-state index contributed by atoms with van der Waals surface area (Å²) in [6.07, 6.45) is 1.81. The van der Waals surface area contributed by atoms with Crippen LogP contribution in [0.5, 0.6) is 0 Å². The Labute approximate surface area is 108 Å². The number of pyridine rings is 1. The number of aromatic nitrogens is 1. The normalized spacial score (nSPS) is 11.6. The Morgan fingerprint density at radius 1 is 1.28 bits per heavy atom. The van der Waals surface area contributed by atoms with Gasteiger partial charge in [0, 0.05) is 30.7 Å². The van der Waals surface area contributed by atoms with Gasteiger partial charge >= 0.3 is 0 Å². The Kier molecular flexibility index (Phi) is 4.28. The molecule has 0 bridgehead atoms. The van der Waals surface area contributed by atoms with Crippen LogP contribution in [0.25, 0.3) is 10.9 Å². The van der Waals surface area contributed by atoms with Crippen molar-refractivity contribution in [2.24, 2.45) is 0 Å². The van der Waals surface area contributed by atoms with Crippen molar-refractivity contribution < 1.29 is 5.11 Å². The predicted molar refractivity (Wildman–Crippen MR) is 74.4 cm³/mol. The molecule has 0 unspecified atom stereocenters. The highest BCUT2D eigenvalue weighted by molar-refractivity contribution is 5.78. The van der Waals surface area contributed by atoms with E-state index in [9.17, 15) is 0 Å². The molecule has 0 saturated carbocycles. The summed E-state index contributed by atoms with van der Waals surface area (Å²) in [6, 6.07) is 10.8. The van der Waals surface area contributed by atoms with E-state index < -0.39 is 0 Å². The fraction of sp³-hybridized carbons (Fsp3) is 0.400. The van der Waals surface area contributed by atoms with Gasteiger partial charge < -0.3 is 5.11 Å². The van der Waals surface area contributed by atoms with E-state index in [1.165, 1.54) is 10.9 Å². The molecule has 0 fully saturated rings. The Hall–Kier alpha value is -1.45. The second-order valence-electron chi connectivity index (χ2n) is 4.82. The molecule has 0 atom stereocenters. The minimum Gasteiger partial charge on any atom is -0.395 e. The number of fused-ring (bicyclic) bond motifs is 1. The van der Waals surface area contributed by atoms with E-state index in [2.05, 4.69) is 48.0 Å². The van der Waals surface area contributed by atoms with E-state index in [0.29, 0.717) is 12.6 Å². The minimum atomic E-state index is 0.202. The van der Waals surface area contributed by atoms with Gasteiger partial charge in [-0.15, -0.1) is 0 Å². The summed E-state index contributed by atoms with van der Waals surface area (Å²) in [5.74, 6) is 0. The fourth-order valence-electron chi connectivity index (χ4n) is 2.11. The molecule has 0 aliphatic heterocycles. The van der Waals surface area contributed by atoms with Gasteiger partial charge in [0.1, 0.15) is 0 Å². The number of aliphatic hydroxyl groups is 1. The molecule has 1 aromatic heterocycles. The second-order valence-corrected chi connectivity index (χ2v) is 4.82. The van der Waals surface area contributed by atoms with Crippen molar-refractivity contribution >= 4 is 10.9 Å². The number of rotatable bonds is 5. The molecule has 3 nitrogen and oxygen atoms in total. The van der Waals surface area contributed by atoms with Crippen LogP contribution >= 0.6 is 0 Å². The van der Waals surface area contributed by atoms with E-state index in [1.807, 2.05) is 12.3 Å². The molecule has 0 radical (unpaired) electrons. The molecule has 0 saturated heterocycles. The third-order valence-electron chi connectivity index (χ3n) is 3.17. The van der Waals surface area contributed by atoms with Gasteiger partial charge in [0.2, 0.25) is 0 Å². The summed E-state index contributed by atoms with van der Waals surface area (Å²) in [4.78, 5) is 6.58. The van der Waals surface area contributed by atoms with Crippen molar-refractivity contribution in [2.75, 3.05) is 13.2 Å². The van der Waals surface area contributed by atoms with Crippen LogP contribution in [0.1, 0.15) is 19.4 Å². The highest BCUT2D eigenvalue weighted by Gasteiger charge is 2.09. The molecule has 0 amide bonds. The summed E-state index contributed by atoms with van der Waals surface area (Å²) in [5, 5.41) is 10.3. The maximum absolute atomic E-state index is 9.08. The second kappa shape index (κ2) is 5.94. The molecule has 1 N–H and O–H groups in total. The van der Waals surface area contributed by atoms with Gasteiger partial charge in [-0.25, -0.2) is 0 Å². The smallest absolute Gasteiger partial charge is 0.0702 e. The Morgan fingerprint density at radius 2 is 2.11 bits per heavy atom. The Bertz CT molecular complexity index is 511. The quantitative estimate of drug-likeness (QED) is 0.877. The summed E-state index contributed by atoms with van der Waals surface area (Å²) < 4.78 is 0. The monoisotopic (exact) mass is 244 g/mol. The largest absolute Gasteiger partial charge is 0.395 e. The van der Waals surface area contributed by atoms with Crippen LogP contribution in [0.2, 0.25) is 0 Å². The van der Waals surface area contributed by atoms with E-state index in [-0.39, 0.29) is 6.61 Å². The van der Waals surface area contributed by atoms with Gasteiger partial charge in [-0.2, -0.15) is 0 Å². The van der Waals surface area contributed by atoms with Gasteiger partial charge in [-0.1, -0.05) is 12.1 Å². The summed E-state index contributed by atoms with van der Waals surface area (Å²) >= 11 is 0. The summed E-state index contributed by atoms with van der Waals surface area (Å²) in [6.45, 7) is 6.08. The zero-order chi connectivity index (χ0) is 13.0. The topological polar surface area (TPSA) is 36.4 Å². The first-order valence-electron chi connectivity index (χ1n) is 6.39. The summed E-state index contributed by atoms with van der Waals surface area (Å²) in [7, 11) is 0. The van der Waals surface area contributed by atoms with Crippen LogP contribution in [-0.2, 0) is 6.54 Å². The molecule has 2 aromatic rings. The van der Waals surface area contributed by atoms with Crippen molar-refractivity contribution in [3.8, 4) is 0 Å². The molecule has 96 valence electrons. The van der Waals surface area contributed by atoms with Gasteiger partial charge in [0.25, 0.3) is 0 Å². The van der Waals surface area contributed by atoms with Gasteiger partial charge in [-0.3, -0.25) is 9.88 Å². The van der Waals surface area contributed by atoms with Crippen molar-refractivity contribution in [3.63, 3.8) is 0 Å². The molecule has 1 heterocycles. The molecule has 2 rings (SSSR count). The number of hydrogen-bond acceptors (Lipinski definition) is 3. The van der Waals surface area contributed by atoms with Crippen LogP contribution < -0.4 is 0 Å². The zero-order valence-corrected chi connectivity index (χ0v) is 11.0. The van der Waals surface area contributed by atoms with E-state index in [0.717, 1.165) is 12.1 Å². The third-order valence-corrected chi connectivity index (χ3v) is 3.17. The lowest BCUT2D eigenvalue weighted by atomic mass is 10.1. The van der Waals surface area contributed by atoms with Crippen molar-refractivity contribution in [1.29, 1.82) is 0 Å². The zero-order valence-electron chi connectivity index (χ0n) is 11.0. The van der Waals surface area contributed by atoms with Crippen molar-refractivity contribution in [1.82, 2.24) is 9.88 Å². The Morgan fingerprint density at radius 3 is 2.83 bits per heavy atom. The lowest BCUT2D eigenvalue weighted by Gasteiger charge is -2.25.